The van der Waals surface area contributed by atoms with Crippen molar-refractivity contribution in [2.45, 2.75) is 52.2 Å². The van der Waals surface area contributed by atoms with Crippen molar-refractivity contribution in [1.29, 1.82) is 0 Å². The minimum Gasteiger partial charge on any atom is -0.334 e. The zero-order valence-electron chi connectivity index (χ0n) is 14.5. The summed E-state index contributed by atoms with van der Waals surface area (Å²) in [5, 5.41) is 3.62. The molecule has 0 aliphatic carbocycles. The molecule has 0 amide bonds. The van der Waals surface area contributed by atoms with E-state index in [2.05, 4.69) is 58.8 Å². The molecule has 4 rings (SSSR count). The van der Waals surface area contributed by atoms with E-state index in [1.807, 2.05) is 0 Å². The van der Waals surface area contributed by atoms with Crippen LogP contribution in [-0.4, -0.2) is 25.6 Å². The summed E-state index contributed by atoms with van der Waals surface area (Å²) in [6, 6.07) is 8.37. The number of hydrogen-bond acceptors (Lipinski definition) is 3. The normalized spacial score (nSPS) is 17.3. The molecule has 126 valence electrons. The van der Waals surface area contributed by atoms with Crippen molar-refractivity contribution in [3.63, 3.8) is 0 Å². The van der Waals surface area contributed by atoms with E-state index >= 15 is 0 Å². The van der Waals surface area contributed by atoms with Crippen LogP contribution in [0.15, 0.2) is 30.5 Å². The Morgan fingerprint density at radius 3 is 3.00 bits per heavy atom. The monoisotopic (exact) mass is 323 g/mol. The molecular weight excluding hydrogens is 298 g/mol. The summed E-state index contributed by atoms with van der Waals surface area (Å²) < 4.78 is 4.63. The van der Waals surface area contributed by atoms with Crippen molar-refractivity contribution in [2.24, 2.45) is 0 Å². The van der Waals surface area contributed by atoms with Gasteiger partial charge in [0.15, 0.2) is 0 Å². The van der Waals surface area contributed by atoms with Crippen molar-refractivity contribution in [2.75, 3.05) is 6.54 Å². The first-order chi connectivity index (χ1) is 11.8. The summed E-state index contributed by atoms with van der Waals surface area (Å²) in [5.41, 5.74) is 3.44. The Kier molecular flexibility index (Phi) is 4.10. The molecule has 0 fully saturated rings. The van der Waals surface area contributed by atoms with Crippen LogP contribution in [0.25, 0.3) is 11.0 Å². The summed E-state index contributed by atoms with van der Waals surface area (Å²) in [6.45, 7) is 8.09. The van der Waals surface area contributed by atoms with Gasteiger partial charge in [-0.1, -0.05) is 12.1 Å². The Morgan fingerprint density at radius 1 is 1.25 bits per heavy atom. The van der Waals surface area contributed by atoms with Crippen LogP contribution in [0.5, 0.6) is 0 Å². The first-order valence-corrected chi connectivity index (χ1v) is 8.94. The third-order valence-electron chi connectivity index (χ3n) is 4.97. The number of fused-ring (bicyclic) bond motifs is 2. The average molecular weight is 323 g/mol. The number of rotatable bonds is 5. The maximum absolute atomic E-state index is 4.79. The van der Waals surface area contributed by atoms with E-state index < -0.39 is 0 Å². The van der Waals surface area contributed by atoms with E-state index in [1.165, 1.54) is 24.2 Å². The van der Waals surface area contributed by atoms with Gasteiger partial charge in [0, 0.05) is 31.7 Å². The minimum atomic E-state index is 0.506. The van der Waals surface area contributed by atoms with Crippen LogP contribution >= 0.6 is 0 Å². The zero-order chi connectivity index (χ0) is 16.5. The molecule has 24 heavy (non-hydrogen) atoms. The lowest BCUT2D eigenvalue weighted by molar-refractivity contribution is 0.420. The molecule has 3 aromatic rings. The SMILES string of the molecule is CCn1c(CNC[C@H]2CCCn3cc(C)nc32)nc2ccccc21. The first kappa shape index (κ1) is 15.4. The molecular formula is C19H25N5. The molecule has 1 aliphatic heterocycles. The molecule has 0 unspecified atom stereocenters. The van der Waals surface area contributed by atoms with Gasteiger partial charge in [-0.3, -0.25) is 0 Å². The van der Waals surface area contributed by atoms with Gasteiger partial charge in [-0.2, -0.15) is 0 Å². The van der Waals surface area contributed by atoms with Crippen LogP contribution in [0.4, 0.5) is 0 Å². The van der Waals surface area contributed by atoms with Crippen LogP contribution in [0.1, 0.15) is 43.0 Å². The van der Waals surface area contributed by atoms with Gasteiger partial charge in [0.25, 0.3) is 0 Å². The molecule has 0 bridgehead atoms. The number of aromatic nitrogens is 4. The number of benzene rings is 1. The van der Waals surface area contributed by atoms with Gasteiger partial charge in [0.1, 0.15) is 11.6 Å². The van der Waals surface area contributed by atoms with E-state index in [1.54, 1.807) is 0 Å². The predicted octanol–water partition coefficient (Wildman–Crippen LogP) is 3.23. The van der Waals surface area contributed by atoms with Gasteiger partial charge in [-0.15, -0.1) is 0 Å². The number of aryl methyl sites for hydroxylation is 3. The molecule has 1 aromatic carbocycles. The fourth-order valence-electron chi connectivity index (χ4n) is 3.87. The topological polar surface area (TPSA) is 47.7 Å². The van der Waals surface area contributed by atoms with Gasteiger partial charge in [0.2, 0.25) is 0 Å². The fourth-order valence-corrected chi connectivity index (χ4v) is 3.87. The second kappa shape index (κ2) is 6.40. The van der Waals surface area contributed by atoms with Gasteiger partial charge in [-0.25, -0.2) is 9.97 Å². The van der Waals surface area contributed by atoms with Gasteiger partial charge >= 0.3 is 0 Å². The molecule has 0 spiro atoms. The third-order valence-corrected chi connectivity index (χ3v) is 4.97. The lowest BCUT2D eigenvalue weighted by Gasteiger charge is -2.23. The summed E-state index contributed by atoms with van der Waals surface area (Å²) in [7, 11) is 0. The Bertz CT molecular complexity index is 845. The second-order valence-electron chi connectivity index (χ2n) is 6.66. The lowest BCUT2D eigenvalue weighted by atomic mass is 9.99. The van der Waals surface area contributed by atoms with Crippen LogP contribution in [0.3, 0.4) is 0 Å². The Balaban J connectivity index is 1.47. The number of hydrogen-bond donors (Lipinski definition) is 1. The molecule has 3 heterocycles. The van der Waals surface area contributed by atoms with E-state index in [4.69, 9.17) is 9.97 Å². The van der Waals surface area contributed by atoms with Gasteiger partial charge < -0.3 is 14.5 Å². The maximum Gasteiger partial charge on any atom is 0.123 e. The molecule has 5 nitrogen and oxygen atoms in total. The predicted molar refractivity (Wildman–Crippen MR) is 96.1 cm³/mol. The third kappa shape index (κ3) is 2.73. The van der Waals surface area contributed by atoms with E-state index in [0.717, 1.165) is 43.2 Å². The Hall–Kier alpha value is -2.14. The summed E-state index contributed by atoms with van der Waals surface area (Å²) in [5.74, 6) is 2.87. The molecule has 1 aliphatic rings. The van der Waals surface area contributed by atoms with Crippen LogP contribution < -0.4 is 5.32 Å². The molecule has 0 radical (unpaired) electrons. The summed E-state index contributed by atoms with van der Waals surface area (Å²) >= 11 is 0. The molecule has 0 saturated heterocycles. The van der Waals surface area contributed by atoms with Crippen LogP contribution in [0, 0.1) is 6.92 Å². The average Bonchev–Trinajstić information content (AvgIpc) is 3.14. The molecule has 2 aromatic heterocycles. The standard InChI is InChI=1S/C19H25N5/c1-3-24-17-9-5-4-8-16(17)22-18(24)12-20-11-15-7-6-10-23-13-14(2)21-19(15)23/h4-5,8-9,13,15,20H,3,6-7,10-12H2,1-2H3/t15-/m1/s1. The number of para-hydroxylation sites is 2. The quantitative estimate of drug-likeness (QED) is 0.784. The molecule has 5 heteroatoms. The lowest BCUT2D eigenvalue weighted by Crippen LogP contribution is -2.27. The highest BCUT2D eigenvalue weighted by molar-refractivity contribution is 5.75. The maximum atomic E-state index is 4.79. The highest BCUT2D eigenvalue weighted by Gasteiger charge is 2.22. The van der Waals surface area contributed by atoms with Crippen molar-refractivity contribution in [3.8, 4) is 0 Å². The van der Waals surface area contributed by atoms with Gasteiger partial charge in [-0.05, 0) is 38.8 Å². The summed E-state index contributed by atoms with van der Waals surface area (Å²) in [6.07, 6.45) is 4.63. The highest BCUT2D eigenvalue weighted by Crippen LogP contribution is 2.26. The van der Waals surface area contributed by atoms with E-state index in [0.29, 0.717) is 5.92 Å². The van der Waals surface area contributed by atoms with Crippen molar-refractivity contribution in [3.05, 3.63) is 47.8 Å². The zero-order valence-corrected chi connectivity index (χ0v) is 14.5. The molecule has 0 saturated carbocycles. The molecule has 1 atom stereocenters. The fraction of sp³-hybridized carbons (Fsp3) is 0.474. The van der Waals surface area contributed by atoms with Crippen LogP contribution in [-0.2, 0) is 19.6 Å². The molecule has 1 N–H and O–H groups in total. The van der Waals surface area contributed by atoms with Crippen molar-refractivity contribution < 1.29 is 0 Å². The van der Waals surface area contributed by atoms with E-state index in [9.17, 15) is 0 Å². The number of nitrogens with one attached hydrogen (secondary N) is 1. The van der Waals surface area contributed by atoms with E-state index in [-0.39, 0.29) is 0 Å². The van der Waals surface area contributed by atoms with Crippen molar-refractivity contribution >= 4 is 11.0 Å². The first-order valence-electron chi connectivity index (χ1n) is 8.94. The van der Waals surface area contributed by atoms with Crippen LogP contribution in [0.2, 0.25) is 0 Å². The highest BCUT2D eigenvalue weighted by atomic mass is 15.1. The number of nitrogens with zero attached hydrogens (tertiary/aromatic N) is 4. The van der Waals surface area contributed by atoms with Crippen molar-refractivity contribution in [1.82, 2.24) is 24.4 Å². The Labute approximate surface area is 142 Å². The Morgan fingerprint density at radius 2 is 2.12 bits per heavy atom. The summed E-state index contributed by atoms with van der Waals surface area (Å²) in [4.78, 5) is 9.52. The van der Waals surface area contributed by atoms with Gasteiger partial charge in [0.05, 0.1) is 23.3 Å². The second-order valence-corrected chi connectivity index (χ2v) is 6.66. The largest absolute Gasteiger partial charge is 0.334 e. The minimum absolute atomic E-state index is 0.506. The number of imidazole rings is 2. The smallest absolute Gasteiger partial charge is 0.123 e.